The minimum Gasteiger partial charge on any atom is -0.309 e. The van der Waals surface area contributed by atoms with Crippen molar-refractivity contribution in [1.29, 1.82) is 0 Å². The number of rotatable bonds is 4. The van der Waals surface area contributed by atoms with Gasteiger partial charge in [0.25, 0.3) is 0 Å². The van der Waals surface area contributed by atoms with Crippen LogP contribution in [0.2, 0.25) is 0 Å². The first-order valence-electron chi connectivity index (χ1n) is 20.1. The molecule has 5 nitrogen and oxygen atoms in total. The summed E-state index contributed by atoms with van der Waals surface area (Å²) in [6.07, 6.45) is 1.15. The zero-order chi connectivity index (χ0) is 38.6. The highest BCUT2D eigenvalue weighted by Gasteiger charge is 2.42. The van der Waals surface area contributed by atoms with Crippen molar-refractivity contribution in [2.24, 2.45) is 5.92 Å². The number of para-hydroxylation sites is 1. The molecule has 0 radical (unpaired) electrons. The Morgan fingerprint density at radius 2 is 1.14 bits per heavy atom. The Morgan fingerprint density at radius 3 is 1.84 bits per heavy atom. The van der Waals surface area contributed by atoms with E-state index in [0.717, 1.165) is 44.9 Å². The van der Waals surface area contributed by atoms with E-state index < -0.39 is 0 Å². The fourth-order valence-electron chi connectivity index (χ4n) is 9.81. The van der Waals surface area contributed by atoms with Gasteiger partial charge < -0.3 is 4.57 Å². The van der Waals surface area contributed by atoms with E-state index in [9.17, 15) is 0 Å². The Kier molecular flexibility index (Phi) is 7.22. The summed E-state index contributed by atoms with van der Waals surface area (Å²) in [5.41, 5.74) is 10.6. The number of hydrogen-bond donors (Lipinski definition) is 0. The first-order chi connectivity index (χ1) is 27.7. The molecule has 0 saturated heterocycles. The molecule has 11 rings (SSSR count). The Hall–Kier alpha value is -6.59. The molecule has 3 heterocycles. The third kappa shape index (κ3) is 5.04. The van der Waals surface area contributed by atoms with E-state index in [1.807, 2.05) is 36.4 Å². The SMILES string of the molecule is CC1CC(C)(C)c2cc(-n3c4ccccc4c4c3ccc3c5cc6ccccc6cc5n(-c5nc(-c6ccccc6)nc(-c6ccccc6)n5)c34)ccc2C1(C)C. The van der Waals surface area contributed by atoms with E-state index in [2.05, 4.69) is 159 Å². The van der Waals surface area contributed by atoms with Gasteiger partial charge in [0.15, 0.2) is 11.6 Å². The van der Waals surface area contributed by atoms with Crippen molar-refractivity contribution >= 4 is 54.4 Å². The average Bonchev–Trinajstić information content (AvgIpc) is 3.75. The van der Waals surface area contributed by atoms with Gasteiger partial charge in [-0.05, 0) is 81.5 Å². The van der Waals surface area contributed by atoms with Gasteiger partial charge in [-0.2, -0.15) is 9.97 Å². The maximum Gasteiger partial charge on any atom is 0.238 e. The van der Waals surface area contributed by atoms with Crippen LogP contribution < -0.4 is 0 Å². The van der Waals surface area contributed by atoms with Crippen LogP contribution in [0.15, 0.2) is 152 Å². The zero-order valence-electron chi connectivity index (χ0n) is 33.0. The molecule has 1 aliphatic carbocycles. The van der Waals surface area contributed by atoms with Crippen LogP contribution >= 0.6 is 0 Å². The lowest BCUT2D eigenvalue weighted by molar-refractivity contribution is 0.233. The van der Waals surface area contributed by atoms with E-state index in [0.29, 0.717) is 23.5 Å². The largest absolute Gasteiger partial charge is 0.309 e. The van der Waals surface area contributed by atoms with Crippen molar-refractivity contribution in [3.8, 4) is 34.4 Å². The van der Waals surface area contributed by atoms with Crippen molar-refractivity contribution in [3.05, 3.63) is 163 Å². The van der Waals surface area contributed by atoms with Gasteiger partial charge in [0.05, 0.1) is 22.1 Å². The summed E-state index contributed by atoms with van der Waals surface area (Å²) in [7, 11) is 0. The summed E-state index contributed by atoms with van der Waals surface area (Å²) in [6, 6.07) is 54.5. The lowest BCUT2D eigenvalue weighted by atomic mass is 9.58. The van der Waals surface area contributed by atoms with E-state index in [1.165, 1.54) is 43.9 Å². The van der Waals surface area contributed by atoms with Gasteiger partial charge in [-0.1, -0.05) is 150 Å². The number of hydrogen-bond acceptors (Lipinski definition) is 3. The van der Waals surface area contributed by atoms with Crippen molar-refractivity contribution < 1.29 is 0 Å². The number of aromatic nitrogens is 5. The molecule has 0 bridgehead atoms. The molecular weight excluding hydrogens is 695 g/mol. The third-order valence-electron chi connectivity index (χ3n) is 13.1. The highest BCUT2D eigenvalue weighted by molar-refractivity contribution is 6.27. The summed E-state index contributed by atoms with van der Waals surface area (Å²) in [5.74, 6) is 2.46. The van der Waals surface area contributed by atoms with Gasteiger partial charge in [0, 0.05) is 38.4 Å². The van der Waals surface area contributed by atoms with Crippen molar-refractivity contribution in [2.45, 2.75) is 51.9 Å². The van der Waals surface area contributed by atoms with E-state index in [-0.39, 0.29) is 10.8 Å². The maximum absolute atomic E-state index is 5.32. The monoisotopic (exact) mass is 737 g/mol. The molecule has 1 atom stereocenters. The second-order valence-electron chi connectivity index (χ2n) is 17.2. The zero-order valence-corrected chi connectivity index (χ0v) is 33.0. The fourth-order valence-corrected chi connectivity index (χ4v) is 9.81. The smallest absolute Gasteiger partial charge is 0.238 e. The van der Waals surface area contributed by atoms with Gasteiger partial charge in [0.2, 0.25) is 5.95 Å². The Labute approximate surface area is 332 Å². The lowest BCUT2D eigenvalue weighted by Crippen LogP contribution is -2.40. The Bertz CT molecular complexity index is 3160. The molecule has 276 valence electrons. The van der Waals surface area contributed by atoms with Gasteiger partial charge in [-0.3, -0.25) is 4.57 Å². The minimum atomic E-state index is 0.0618. The van der Waals surface area contributed by atoms with Gasteiger partial charge >= 0.3 is 0 Å². The topological polar surface area (TPSA) is 48.5 Å². The standard InChI is InChI=1S/C52H43N5/c1-32-31-51(2,3)42-30-37(24-26-41(42)52(32,4)5)56-43-23-15-14-22-39(43)46-44(56)27-25-38-40-28-35-20-12-13-21-36(35)29-45(40)57(47(38)46)50-54-48(33-16-8-6-9-17-33)53-49(55-50)34-18-10-7-11-19-34/h6-30,32H,31H2,1-5H3. The van der Waals surface area contributed by atoms with Crippen LogP contribution in [0.5, 0.6) is 0 Å². The molecule has 0 aliphatic heterocycles. The molecule has 5 heteroatoms. The van der Waals surface area contributed by atoms with Gasteiger partial charge in [-0.25, -0.2) is 4.98 Å². The van der Waals surface area contributed by atoms with Gasteiger partial charge in [0.1, 0.15) is 0 Å². The Morgan fingerprint density at radius 1 is 0.509 bits per heavy atom. The van der Waals surface area contributed by atoms with Crippen LogP contribution in [0.1, 0.15) is 52.2 Å². The number of nitrogens with zero attached hydrogens (tertiary/aromatic N) is 5. The fraction of sp³-hybridized carbons (Fsp3) is 0.173. The molecule has 0 N–H and O–H groups in total. The third-order valence-corrected chi connectivity index (χ3v) is 13.1. The van der Waals surface area contributed by atoms with Crippen molar-refractivity contribution in [2.75, 3.05) is 0 Å². The van der Waals surface area contributed by atoms with Crippen LogP contribution in [-0.2, 0) is 10.8 Å². The van der Waals surface area contributed by atoms with Crippen LogP contribution in [0.3, 0.4) is 0 Å². The molecule has 0 saturated carbocycles. The summed E-state index contributed by atoms with van der Waals surface area (Å²) < 4.78 is 4.78. The first-order valence-corrected chi connectivity index (χ1v) is 20.1. The second kappa shape index (κ2) is 12.2. The summed E-state index contributed by atoms with van der Waals surface area (Å²) in [4.78, 5) is 15.7. The highest BCUT2D eigenvalue weighted by atomic mass is 15.2. The Balaban J connectivity index is 1.28. The van der Waals surface area contributed by atoms with E-state index in [4.69, 9.17) is 15.0 Å². The summed E-state index contributed by atoms with van der Waals surface area (Å²) in [6.45, 7) is 12.1. The molecule has 1 unspecified atom stereocenters. The average molecular weight is 738 g/mol. The summed E-state index contributed by atoms with van der Waals surface area (Å²) in [5, 5.41) is 7.07. The normalized spacial score (nSPS) is 16.2. The van der Waals surface area contributed by atoms with Crippen molar-refractivity contribution in [1.82, 2.24) is 24.1 Å². The molecule has 0 fully saturated rings. The molecule has 57 heavy (non-hydrogen) atoms. The number of benzene rings is 7. The first kappa shape index (κ1) is 33.7. The molecule has 0 amide bonds. The molecule has 0 spiro atoms. The molecule has 10 aromatic rings. The van der Waals surface area contributed by atoms with E-state index >= 15 is 0 Å². The predicted octanol–water partition coefficient (Wildman–Crippen LogP) is 13.1. The molecule has 3 aromatic heterocycles. The molecule has 1 aliphatic rings. The van der Waals surface area contributed by atoms with Gasteiger partial charge in [-0.15, -0.1) is 0 Å². The van der Waals surface area contributed by atoms with Crippen LogP contribution in [0.4, 0.5) is 0 Å². The molecule has 7 aromatic carbocycles. The number of fused-ring (bicyclic) bond motifs is 9. The van der Waals surface area contributed by atoms with Crippen LogP contribution in [0.25, 0.3) is 88.8 Å². The molecular formula is C52H43N5. The van der Waals surface area contributed by atoms with Crippen LogP contribution in [-0.4, -0.2) is 24.1 Å². The lowest BCUT2D eigenvalue weighted by Gasteiger charge is -2.46. The highest BCUT2D eigenvalue weighted by Crippen LogP contribution is 2.50. The minimum absolute atomic E-state index is 0.0618. The summed E-state index contributed by atoms with van der Waals surface area (Å²) >= 11 is 0. The van der Waals surface area contributed by atoms with Crippen molar-refractivity contribution in [3.63, 3.8) is 0 Å². The second-order valence-corrected chi connectivity index (χ2v) is 17.2. The predicted molar refractivity (Wildman–Crippen MR) is 237 cm³/mol. The quantitative estimate of drug-likeness (QED) is 0.181. The van der Waals surface area contributed by atoms with E-state index in [1.54, 1.807) is 0 Å². The maximum atomic E-state index is 5.32. The van der Waals surface area contributed by atoms with Crippen LogP contribution in [0, 0.1) is 5.92 Å².